The molecule has 1 aromatic carbocycles. The Kier molecular flexibility index (Phi) is 3.05. The van der Waals surface area contributed by atoms with Crippen LogP contribution in [0.1, 0.15) is 10.4 Å². The van der Waals surface area contributed by atoms with Crippen molar-refractivity contribution in [3.8, 4) is 0 Å². The van der Waals surface area contributed by atoms with Gasteiger partial charge in [0.15, 0.2) is 0 Å². The van der Waals surface area contributed by atoms with Gasteiger partial charge in [-0.15, -0.1) is 0 Å². The van der Waals surface area contributed by atoms with E-state index in [-0.39, 0.29) is 5.91 Å². The number of anilines is 1. The van der Waals surface area contributed by atoms with Crippen molar-refractivity contribution in [3.63, 3.8) is 0 Å². The molecule has 4 nitrogen and oxygen atoms in total. The largest absolute Gasteiger partial charge is 0.361 e. The summed E-state index contributed by atoms with van der Waals surface area (Å²) in [7, 11) is 0. The van der Waals surface area contributed by atoms with Crippen molar-refractivity contribution in [1.82, 2.24) is 9.97 Å². The van der Waals surface area contributed by atoms with Crippen molar-refractivity contribution in [3.05, 3.63) is 58.8 Å². The van der Waals surface area contributed by atoms with Crippen molar-refractivity contribution in [1.29, 1.82) is 0 Å². The summed E-state index contributed by atoms with van der Waals surface area (Å²) in [6.45, 7) is 0. The average molecular weight is 316 g/mol. The van der Waals surface area contributed by atoms with Gasteiger partial charge in [-0.3, -0.25) is 4.79 Å². The monoisotopic (exact) mass is 315 g/mol. The van der Waals surface area contributed by atoms with Gasteiger partial charge in [0, 0.05) is 22.7 Å². The first-order valence-electron chi connectivity index (χ1n) is 5.73. The number of aromatic amines is 1. The van der Waals surface area contributed by atoms with Crippen LogP contribution in [0.3, 0.4) is 0 Å². The number of amides is 1. The highest BCUT2D eigenvalue weighted by atomic mass is 79.9. The zero-order valence-corrected chi connectivity index (χ0v) is 11.4. The Labute approximate surface area is 118 Å². The number of aromatic nitrogens is 2. The molecule has 0 aliphatic heterocycles. The van der Waals surface area contributed by atoms with E-state index in [0.29, 0.717) is 16.0 Å². The van der Waals surface area contributed by atoms with Crippen LogP contribution in [-0.4, -0.2) is 15.9 Å². The number of hydrogen-bond acceptors (Lipinski definition) is 2. The predicted molar refractivity (Wildman–Crippen MR) is 78.2 cm³/mol. The Morgan fingerprint density at radius 1 is 1.21 bits per heavy atom. The zero-order valence-electron chi connectivity index (χ0n) is 9.85. The van der Waals surface area contributed by atoms with Gasteiger partial charge >= 0.3 is 0 Å². The second-order valence-corrected chi connectivity index (χ2v) is 4.89. The SMILES string of the molecule is O=C(Nc1cccc(Br)n1)c1ccc2[nH]ccc2c1. The molecular weight excluding hydrogens is 306 g/mol. The number of pyridine rings is 1. The van der Waals surface area contributed by atoms with Crippen LogP contribution in [0, 0.1) is 0 Å². The Hall–Kier alpha value is -2.14. The Morgan fingerprint density at radius 2 is 2.11 bits per heavy atom. The van der Waals surface area contributed by atoms with E-state index in [9.17, 15) is 4.79 Å². The number of rotatable bonds is 2. The van der Waals surface area contributed by atoms with E-state index in [1.165, 1.54) is 0 Å². The van der Waals surface area contributed by atoms with Crippen molar-refractivity contribution in [2.75, 3.05) is 5.32 Å². The average Bonchev–Trinajstić information content (AvgIpc) is 2.85. The zero-order chi connectivity index (χ0) is 13.2. The van der Waals surface area contributed by atoms with Gasteiger partial charge in [-0.2, -0.15) is 0 Å². The van der Waals surface area contributed by atoms with E-state index in [2.05, 4.69) is 31.2 Å². The van der Waals surface area contributed by atoms with Gasteiger partial charge in [0.05, 0.1) is 0 Å². The molecule has 0 unspecified atom stereocenters. The van der Waals surface area contributed by atoms with E-state index < -0.39 is 0 Å². The number of fused-ring (bicyclic) bond motifs is 1. The van der Waals surface area contributed by atoms with E-state index in [1.807, 2.05) is 36.5 Å². The van der Waals surface area contributed by atoms with Gasteiger partial charge in [0.25, 0.3) is 5.91 Å². The quantitative estimate of drug-likeness (QED) is 0.710. The van der Waals surface area contributed by atoms with Gasteiger partial charge in [0.2, 0.25) is 0 Å². The second kappa shape index (κ2) is 4.85. The van der Waals surface area contributed by atoms with Crippen LogP contribution in [0.25, 0.3) is 10.9 Å². The third kappa shape index (κ3) is 2.51. The second-order valence-electron chi connectivity index (χ2n) is 4.08. The molecule has 0 aliphatic rings. The first-order valence-corrected chi connectivity index (χ1v) is 6.53. The maximum absolute atomic E-state index is 12.1. The molecule has 0 radical (unpaired) electrons. The molecule has 0 bridgehead atoms. The molecule has 94 valence electrons. The number of benzene rings is 1. The molecule has 0 saturated carbocycles. The summed E-state index contributed by atoms with van der Waals surface area (Å²) in [5.74, 6) is 0.349. The first kappa shape index (κ1) is 11.9. The molecule has 5 heteroatoms. The topological polar surface area (TPSA) is 57.8 Å². The van der Waals surface area contributed by atoms with Gasteiger partial charge in [-0.05, 0) is 52.3 Å². The number of halogens is 1. The van der Waals surface area contributed by atoms with Crippen LogP contribution < -0.4 is 5.32 Å². The lowest BCUT2D eigenvalue weighted by molar-refractivity contribution is 0.102. The molecule has 0 saturated heterocycles. The first-order chi connectivity index (χ1) is 9.22. The number of H-pyrrole nitrogens is 1. The van der Waals surface area contributed by atoms with Crippen LogP contribution >= 0.6 is 15.9 Å². The number of hydrogen-bond donors (Lipinski definition) is 2. The molecule has 0 atom stereocenters. The molecule has 1 amide bonds. The van der Waals surface area contributed by atoms with Crippen LogP contribution in [-0.2, 0) is 0 Å². The summed E-state index contributed by atoms with van der Waals surface area (Å²) >= 11 is 3.27. The number of nitrogens with one attached hydrogen (secondary N) is 2. The summed E-state index contributed by atoms with van der Waals surface area (Å²) in [6.07, 6.45) is 1.85. The maximum atomic E-state index is 12.1. The van der Waals surface area contributed by atoms with E-state index in [0.717, 1.165) is 10.9 Å². The summed E-state index contributed by atoms with van der Waals surface area (Å²) < 4.78 is 0.686. The van der Waals surface area contributed by atoms with Crippen molar-refractivity contribution >= 4 is 38.6 Å². The van der Waals surface area contributed by atoms with Crippen molar-refractivity contribution in [2.24, 2.45) is 0 Å². The van der Waals surface area contributed by atoms with Crippen LogP contribution in [0.4, 0.5) is 5.82 Å². The molecule has 3 aromatic rings. The Morgan fingerprint density at radius 3 is 2.95 bits per heavy atom. The third-order valence-corrected chi connectivity index (χ3v) is 3.21. The normalized spacial score (nSPS) is 10.6. The fourth-order valence-electron chi connectivity index (χ4n) is 1.86. The van der Waals surface area contributed by atoms with Crippen molar-refractivity contribution in [2.45, 2.75) is 0 Å². The lowest BCUT2D eigenvalue weighted by Crippen LogP contribution is -2.12. The lowest BCUT2D eigenvalue weighted by Gasteiger charge is -2.04. The molecule has 19 heavy (non-hydrogen) atoms. The van der Waals surface area contributed by atoms with Crippen LogP contribution in [0.5, 0.6) is 0 Å². The van der Waals surface area contributed by atoms with E-state index in [4.69, 9.17) is 0 Å². The number of nitrogens with zero attached hydrogens (tertiary/aromatic N) is 1. The van der Waals surface area contributed by atoms with Crippen LogP contribution in [0.15, 0.2) is 53.3 Å². The Bertz CT molecular complexity index is 751. The highest BCUT2D eigenvalue weighted by Crippen LogP contribution is 2.16. The maximum Gasteiger partial charge on any atom is 0.256 e. The molecule has 2 aromatic heterocycles. The summed E-state index contributed by atoms with van der Waals surface area (Å²) in [5, 5.41) is 3.77. The van der Waals surface area contributed by atoms with E-state index >= 15 is 0 Å². The molecule has 3 rings (SSSR count). The minimum atomic E-state index is -0.172. The summed E-state index contributed by atoms with van der Waals surface area (Å²) in [4.78, 5) is 19.4. The molecule has 0 aliphatic carbocycles. The smallest absolute Gasteiger partial charge is 0.256 e. The van der Waals surface area contributed by atoms with Gasteiger partial charge in [0.1, 0.15) is 10.4 Å². The van der Waals surface area contributed by atoms with Gasteiger partial charge < -0.3 is 10.3 Å². The van der Waals surface area contributed by atoms with Gasteiger partial charge in [-0.25, -0.2) is 4.98 Å². The minimum absolute atomic E-state index is 0.172. The van der Waals surface area contributed by atoms with E-state index in [1.54, 1.807) is 12.1 Å². The highest BCUT2D eigenvalue weighted by Gasteiger charge is 2.08. The molecule has 2 heterocycles. The highest BCUT2D eigenvalue weighted by molar-refractivity contribution is 9.10. The lowest BCUT2D eigenvalue weighted by atomic mass is 10.1. The molecule has 0 fully saturated rings. The summed E-state index contributed by atoms with van der Waals surface area (Å²) in [5.41, 5.74) is 1.62. The van der Waals surface area contributed by atoms with Gasteiger partial charge in [-0.1, -0.05) is 6.07 Å². The Balaban J connectivity index is 1.87. The standard InChI is InChI=1S/C14H10BrN3O/c15-12-2-1-3-13(17-12)18-14(19)10-4-5-11-9(8-10)6-7-16-11/h1-8,16H,(H,17,18,19). The molecular formula is C14H10BrN3O. The molecule has 0 spiro atoms. The van der Waals surface area contributed by atoms with Crippen molar-refractivity contribution < 1.29 is 4.79 Å². The minimum Gasteiger partial charge on any atom is -0.361 e. The third-order valence-electron chi connectivity index (χ3n) is 2.77. The molecule has 2 N–H and O–H groups in total. The summed E-state index contributed by atoms with van der Waals surface area (Å²) in [6, 6.07) is 12.8. The fourth-order valence-corrected chi connectivity index (χ4v) is 2.20. The number of carbonyl (C=O) groups is 1. The fraction of sp³-hybridized carbons (Fsp3) is 0. The predicted octanol–water partition coefficient (Wildman–Crippen LogP) is 3.58. The number of carbonyl (C=O) groups excluding carboxylic acids is 1. The van der Waals surface area contributed by atoms with Crippen LogP contribution in [0.2, 0.25) is 0 Å².